The SMILES string of the molecule is C=C(/C=c1/ccccc1=C)C1=c2cccc/c2=C(c2ccc(C(=C)c3cc4c(cc3-c3cc5ccccc5o3)sc3ccccc34)cc2)/C=C/CCC=C1. The van der Waals surface area contributed by atoms with E-state index >= 15 is 0 Å². The molecule has 0 saturated heterocycles. The van der Waals surface area contributed by atoms with Crippen molar-refractivity contribution in [1.82, 2.24) is 0 Å². The zero-order valence-electron chi connectivity index (χ0n) is 30.0. The Morgan fingerprint density at radius 2 is 1.37 bits per heavy atom. The monoisotopic (exact) mass is 710 g/mol. The zero-order valence-corrected chi connectivity index (χ0v) is 30.8. The minimum Gasteiger partial charge on any atom is -0.456 e. The summed E-state index contributed by atoms with van der Waals surface area (Å²) in [5, 5.41) is 7.97. The van der Waals surface area contributed by atoms with Crippen LogP contribution in [0.3, 0.4) is 0 Å². The third kappa shape index (κ3) is 6.21. The van der Waals surface area contributed by atoms with Gasteiger partial charge < -0.3 is 4.42 Å². The molecule has 0 N–H and O–H groups in total. The number of allylic oxidation sites excluding steroid dienone is 5. The van der Waals surface area contributed by atoms with E-state index < -0.39 is 0 Å². The summed E-state index contributed by atoms with van der Waals surface area (Å²) >= 11 is 1.82. The molecule has 1 aliphatic rings. The minimum absolute atomic E-state index is 0.848. The van der Waals surface area contributed by atoms with Gasteiger partial charge in [-0.2, -0.15) is 0 Å². The number of thiophene rings is 1. The van der Waals surface area contributed by atoms with Crippen LogP contribution in [0.4, 0.5) is 0 Å². The van der Waals surface area contributed by atoms with Crippen molar-refractivity contribution < 1.29 is 4.42 Å². The molecule has 0 unspecified atom stereocenters. The van der Waals surface area contributed by atoms with Gasteiger partial charge in [-0.3, -0.25) is 0 Å². The maximum atomic E-state index is 6.48. The number of hydrogen-bond donors (Lipinski definition) is 0. The van der Waals surface area contributed by atoms with Crippen LogP contribution in [0, 0.1) is 0 Å². The molecular formula is C52H38OS. The lowest BCUT2D eigenvalue weighted by Gasteiger charge is -2.14. The van der Waals surface area contributed by atoms with E-state index in [0.29, 0.717) is 0 Å². The van der Waals surface area contributed by atoms with Crippen LogP contribution in [0.2, 0.25) is 0 Å². The van der Waals surface area contributed by atoms with Gasteiger partial charge in [-0.1, -0.05) is 153 Å². The summed E-state index contributed by atoms with van der Waals surface area (Å²) in [4.78, 5) is 0. The van der Waals surface area contributed by atoms with E-state index in [1.165, 1.54) is 31.0 Å². The maximum Gasteiger partial charge on any atom is 0.136 e. The number of para-hydroxylation sites is 1. The van der Waals surface area contributed by atoms with E-state index in [9.17, 15) is 0 Å². The van der Waals surface area contributed by atoms with Gasteiger partial charge in [0.05, 0.1) is 0 Å². The predicted molar refractivity (Wildman–Crippen MR) is 233 cm³/mol. The maximum absolute atomic E-state index is 6.48. The first-order chi connectivity index (χ1) is 26.5. The lowest BCUT2D eigenvalue weighted by molar-refractivity contribution is 0.631. The molecule has 0 saturated carbocycles. The van der Waals surface area contributed by atoms with Gasteiger partial charge in [0.15, 0.2) is 0 Å². The average molecular weight is 711 g/mol. The largest absolute Gasteiger partial charge is 0.456 e. The smallest absolute Gasteiger partial charge is 0.136 e. The highest BCUT2D eigenvalue weighted by Crippen LogP contribution is 2.42. The fourth-order valence-corrected chi connectivity index (χ4v) is 8.67. The molecule has 0 aliphatic heterocycles. The summed E-state index contributed by atoms with van der Waals surface area (Å²) in [7, 11) is 0. The molecule has 0 bridgehead atoms. The summed E-state index contributed by atoms with van der Waals surface area (Å²) in [6, 6.07) is 49.3. The Bertz CT molecular complexity index is 3060. The highest BCUT2D eigenvalue weighted by Gasteiger charge is 2.18. The number of benzene rings is 6. The van der Waals surface area contributed by atoms with Gasteiger partial charge in [-0.25, -0.2) is 0 Å². The normalized spacial score (nSPS) is 15.1. The molecule has 2 heterocycles. The van der Waals surface area contributed by atoms with Crippen LogP contribution in [0.25, 0.3) is 71.8 Å². The van der Waals surface area contributed by atoms with Crippen LogP contribution in [0.5, 0.6) is 0 Å². The highest BCUT2D eigenvalue weighted by atomic mass is 32.1. The quantitative estimate of drug-likeness (QED) is 0.167. The standard InChI is InChI=1S/C52H38OS/c1-34-16-8-9-17-39(34)30-35(2)41-19-6-4-5-7-20-42(44-22-12-11-21-43(41)44)38-28-26-37(27-29-38)36(3)46-32-48-45-23-13-15-25-51(45)54-52(48)33-47(46)50-31-40-18-10-14-24-49(40)53-50/h6-33H,1-5H2/b19-6?,20-7+,39-30-,43-41?,44-42+. The van der Waals surface area contributed by atoms with Crippen molar-refractivity contribution in [3.8, 4) is 11.3 Å². The van der Waals surface area contributed by atoms with Gasteiger partial charge in [0.2, 0.25) is 0 Å². The summed E-state index contributed by atoms with van der Waals surface area (Å²) in [5.41, 5.74) is 9.42. The van der Waals surface area contributed by atoms with Crippen molar-refractivity contribution in [2.24, 2.45) is 0 Å². The Hall–Kier alpha value is -6.48. The molecule has 9 rings (SSSR count). The van der Waals surface area contributed by atoms with Crippen molar-refractivity contribution >= 4 is 71.9 Å². The molecule has 2 aromatic heterocycles. The number of furan rings is 1. The predicted octanol–water partition coefficient (Wildman–Crippen LogP) is 11.2. The van der Waals surface area contributed by atoms with E-state index in [1.54, 1.807) is 0 Å². The molecule has 54 heavy (non-hydrogen) atoms. The molecule has 0 amide bonds. The Morgan fingerprint density at radius 3 is 2.20 bits per heavy atom. The lowest BCUT2D eigenvalue weighted by atomic mass is 9.90. The van der Waals surface area contributed by atoms with E-state index in [-0.39, 0.29) is 0 Å². The summed E-state index contributed by atoms with van der Waals surface area (Å²) < 4.78 is 8.98. The molecule has 2 heteroatoms. The number of rotatable bonds is 6. The van der Waals surface area contributed by atoms with Gasteiger partial charge in [0.1, 0.15) is 11.3 Å². The highest BCUT2D eigenvalue weighted by molar-refractivity contribution is 7.25. The van der Waals surface area contributed by atoms with Gasteiger partial charge in [-0.15, -0.1) is 11.3 Å². The Morgan fingerprint density at radius 1 is 0.648 bits per heavy atom. The van der Waals surface area contributed by atoms with Crippen molar-refractivity contribution in [2.45, 2.75) is 12.8 Å². The van der Waals surface area contributed by atoms with Gasteiger partial charge in [-0.05, 0) is 109 Å². The first kappa shape index (κ1) is 33.4. The van der Waals surface area contributed by atoms with E-state index in [2.05, 4.69) is 153 Å². The molecule has 258 valence electrons. The van der Waals surface area contributed by atoms with Crippen LogP contribution in [0.1, 0.15) is 29.5 Å². The zero-order chi connectivity index (χ0) is 36.6. The van der Waals surface area contributed by atoms with E-state index in [1.807, 2.05) is 41.7 Å². The van der Waals surface area contributed by atoms with Crippen LogP contribution in [0.15, 0.2) is 187 Å². The molecule has 8 aromatic rings. The first-order valence-corrected chi connectivity index (χ1v) is 19.2. The second-order valence-electron chi connectivity index (χ2n) is 13.8. The van der Waals surface area contributed by atoms with E-state index in [4.69, 9.17) is 11.0 Å². The molecule has 0 fully saturated rings. The van der Waals surface area contributed by atoms with Crippen LogP contribution >= 0.6 is 11.3 Å². The fraction of sp³-hybridized carbons (Fsp3) is 0.0385. The number of fused-ring (bicyclic) bond motifs is 5. The minimum atomic E-state index is 0.848. The third-order valence-electron chi connectivity index (χ3n) is 10.4. The molecule has 6 aromatic carbocycles. The first-order valence-electron chi connectivity index (χ1n) is 18.4. The topological polar surface area (TPSA) is 13.1 Å². The molecule has 0 spiro atoms. The van der Waals surface area contributed by atoms with Crippen molar-refractivity contribution in [3.05, 3.63) is 220 Å². The van der Waals surface area contributed by atoms with Crippen molar-refractivity contribution in [2.75, 3.05) is 0 Å². The Labute approximate surface area is 319 Å². The van der Waals surface area contributed by atoms with Gasteiger partial charge in [0, 0.05) is 31.1 Å². The van der Waals surface area contributed by atoms with Crippen molar-refractivity contribution in [1.29, 1.82) is 0 Å². The van der Waals surface area contributed by atoms with E-state index in [0.717, 1.165) is 84.2 Å². The van der Waals surface area contributed by atoms with Crippen LogP contribution < -0.4 is 20.9 Å². The Balaban J connectivity index is 1.18. The van der Waals surface area contributed by atoms with Crippen LogP contribution in [-0.2, 0) is 0 Å². The second kappa shape index (κ2) is 14.2. The average Bonchev–Trinajstić information content (AvgIpc) is 3.81. The molecular weight excluding hydrogens is 673 g/mol. The Kier molecular flexibility index (Phi) is 8.75. The molecule has 1 nitrogen and oxygen atoms in total. The molecule has 0 atom stereocenters. The van der Waals surface area contributed by atoms with Crippen LogP contribution in [-0.4, -0.2) is 0 Å². The van der Waals surface area contributed by atoms with Gasteiger partial charge >= 0.3 is 0 Å². The third-order valence-corrected chi connectivity index (χ3v) is 11.5. The van der Waals surface area contributed by atoms with Crippen molar-refractivity contribution in [3.63, 3.8) is 0 Å². The summed E-state index contributed by atoms with van der Waals surface area (Å²) in [6.45, 7) is 13.5. The van der Waals surface area contributed by atoms with Gasteiger partial charge in [0.25, 0.3) is 0 Å². The summed E-state index contributed by atoms with van der Waals surface area (Å²) in [5.74, 6) is 0.848. The summed E-state index contributed by atoms with van der Waals surface area (Å²) in [6.07, 6.45) is 13.1. The fourth-order valence-electron chi connectivity index (χ4n) is 7.55. The molecule has 1 aliphatic carbocycles. The number of hydrogen-bond acceptors (Lipinski definition) is 2. The second-order valence-corrected chi connectivity index (χ2v) is 14.9. The molecule has 0 radical (unpaired) electrons. The lowest BCUT2D eigenvalue weighted by Crippen LogP contribution is -2.29.